The molecule has 1 unspecified atom stereocenters. The van der Waals surface area contributed by atoms with E-state index in [1.54, 1.807) is 18.3 Å². The van der Waals surface area contributed by atoms with Crippen molar-refractivity contribution in [2.75, 3.05) is 6.61 Å². The van der Waals surface area contributed by atoms with Crippen molar-refractivity contribution in [1.29, 1.82) is 0 Å². The van der Waals surface area contributed by atoms with Gasteiger partial charge in [0.25, 0.3) is 0 Å². The number of carbonyl (C=O) groups excluding carboxylic acids is 1. The molecule has 1 heterocycles. The van der Waals surface area contributed by atoms with Crippen molar-refractivity contribution in [1.82, 2.24) is 0 Å². The summed E-state index contributed by atoms with van der Waals surface area (Å²) < 4.78 is 11.7. The first-order valence-corrected chi connectivity index (χ1v) is 9.79. The summed E-state index contributed by atoms with van der Waals surface area (Å²) in [6.45, 7) is 5.58. The van der Waals surface area contributed by atoms with Crippen LogP contribution in [0.15, 0.2) is 71.4 Å². The van der Waals surface area contributed by atoms with Crippen LogP contribution in [0.4, 0.5) is 0 Å². The molecule has 3 aromatic rings. The second kappa shape index (κ2) is 7.41. The molecular weight excluding hydrogens is 356 g/mol. The third-order valence-electron chi connectivity index (χ3n) is 4.71. The van der Waals surface area contributed by atoms with Gasteiger partial charge in [0.2, 0.25) is 0 Å². The summed E-state index contributed by atoms with van der Waals surface area (Å²) >= 11 is 1.57. The van der Waals surface area contributed by atoms with Crippen LogP contribution in [0.3, 0.4) is 0 Å². The fourth-order valence-electron chi connectivity index (χ4n) is 3.31. The number of rotatable bonds is 6. The van der Waals surface area contributed by atoms with Gasteiger partial charge in [0.1, 0.15) is 12.4 Å². The average Bonchev–Trinajstić information content (AvgIpc) is 3.32. The highest BCUT2D eigenvalue weighted by Gasteiger charge is 2.23. The maximum atomic E-state index is 12.0. The lowest BCUT2D eigenvalue weighted by atomic mass is 10.1. The number of hydrogen-bond donors (Lipinski definition) is 0. The Morgan fingerprint density at radius 2 is 1.96 bits per heavy atom. The molecular formula is C23H20O3S. The molecule has 0 saturated carbocycles. The Morgan fingerprint density at radius 3 is 2.74 bits per heavy atom. The molecule has 0 fully saturated rings. The summed E-state index contributed by atoms with van der Waals surface area (Å²) in [6.07, 6.45) is 0.399. The van der Waals surface area contributed by atoms with Crippen molar-refractivity contribution in [2.45, 2.75) is 19.4 Å². The van der Waals surface area contributed by atoms with E-state index in [1.165, 1.54) is 22.3 Å². The molecule has 1 aliphatic carbocycles. The molecule has 2 aromatic carbocycles. The average molecular weight is 376 g/mol. The normalized spacial score (nSPS) is 12.8. The molecule has 0 bridgehead atoms. The predicted octanol–water partition coefficient (Wildman–Crippen LogP) is 5.56. The van der Waals surface area contributed by atoms with Gasteiger partial charge in [0.05, 0.1) is 0 Å². The van der Waals surface area contributed by atoms with Crippen molar-refractivity contribution >= 4 is 17.3 Å². The van der Waals surface area contributed by atoms with E-state index in [9.17, 15) is 4.79 Å². The van der Waals surface area contributed by atoms with Crippen molar-refractivity contribution < 1.29 is 14.3 Å². The summed E-state index contributed by atoms with van der Waals surface area (Å²) in [6, 6.07) is 16.5. The van der Waals surface area contributed by atoms with Crippen LogP contribution in [-0.2, 0) is 16.0 Å². The van der Waals surface area contributed by atoms with Gasteiger partial charge in [-0.15, -0.1) is 0 Å². The molecule has 4 heteroatoms. The number of carbonyl (C=O) groups is 1. The Balaban J connectivity index is 1.56. The van der Waals surface area contributed by atoms with Gasteiger partial charge in [-0.1, -0.05) is 43.0 Å². The van der Waals surface area contributed by atoms with Crippen LogP contribution < -0.4 is 4.74 Å². The fourth-order valence-corrected chi connectivity index (χ4v) is 4.02. The molecule has 136 valence electrons. The molecule has 0 aliphatic heterocycles. The molecule has 1 aromatic heterocycles. The van der Waals surface area contributed by atoms with Gasteiger partial charge in [-0.25, -0.2) is 4.79 Å². The van der Waals surface area contributed by atoms with Crippen molar-refractivity contribution in [3.8, 4) is 16.9 Å². The van der Waals surface area contributed by atoms with E-state index >= 15 is 0 Å². The van der Waals surface area contributed by atoms with E-state index in [4.69, 9.17) is 9.47 Å². The second-order valence-corrected chi connectivity index (χ2v) is 7.44. The highest BCUT2D eigenvalue weighted by Crippen LogP contribution is 2.41. The topological polar surface area (TPSA) is 35.5 Å². The third-order valence-corrected chi connectivity index (χ3v) is 5.41. The van der Waals surface area contributed by atoms with E-state index in [2.05, 4.69) is 36.9 Å². The number of fused-ring (bicyclic) bond motifs is 3. The highest BCUT2D eigenvalue weighted by molar-refractivity contribution is 7.07. The minimum Gasteiger partial charge on any atom is -0.489 e. The largest absolute Gasteiger partial charge is 0.489 e. The Labute approximate surface area is 162 Å². The van der Waals surface area contributed by atoms with Crippen molar-refractivity contribution in [3.63, 3.8) is 0 Å². The molecule has 0 radical (unpaired) electrons. The van der Waals surface area contributed by atoms with Gasteiger partial charge in [0, 0.05) is 23.1 Å². The first-order chi connectivity index (χ1) is 13.1. The van der Waals surface area contributed by atoms with Gasteiger partial charge < -0.3 is 9.47 Å². The maximum absolute atomic E-state index is 12.0. The number of ether oxygens (including phenoxy) is 2. The zero-order valence-corrected chi connectivity index (χ0v) is 15.9. The summed E-state index contributed by atoms with van der Waals surface area (Å²) in [5.41, 5.74) is 6.30. The van der Waals surface area contributed by atoms with Gasteiger partial charge in [0.15, 0.2) is 6.10 Å². The quantitative estimate of drug-likeness (QED) is 0.326. The monoisotopic (exact) mass is 376 g/mol. The van der Waals surface area contributed by atoms with E-state index < -0.39 is 12.1 Å². The van der Waals surface area contributed by atoms with Gasteiger partial charge in [-0.3, -0.25) is 0 Å². The summed E-state index contributed by atoms with van der Waals surface area (Å²) in [5, 5.41) is 3.94. The van der Waals surface area contributed by atoms with Crippen LogP contribution in [-0.4, -0.2) is 12.6 Å². The lowest BCUT2D eigenvalue weighted by Crippen LogP contribution is -2.18. The van der Waals surface area contributed by atoms with Crippen LogP contribution in [0.25, 0.3) is 11.1 Å². The Morgan fingerprint density at radius 1 is 1.15 bits per heavy atom. The SMILES string of the molecule is C=C(C)C(=O)OC(COc1cccc2c1Cc1ccccc1-2)c1ccsc1. The maximum Gasteiger partial charge on any atom is 0.333 e. The Bertz CT molecular complexity index is 989. The Kier molecular flexibility index (Phi) is 4.82. The van der Waals surface area contributed by atoms with Crippen LogP contribution in [0.2, 0.25) is 0 Å². The molecule has 0 saturated heterocycles. The molecule has 0 spiro atoms. The number of esters is 1. The van der Waals surface area contributed by atoms with Crippen LogP contribution in [0.5, 0.6) is 5.75 Å². The highest BCUT2D eigenvalue weighted by atomic mass is 32.1. The van der Waals surface area contributed by atoms with E-state index in [0.29, 0.717) is 5.57 Å². The van der Waals surface area contributed by atoms with Crippen molar-refractivity contribution in [3.05, 3.63) is 88.1 Å². The van der Waals surface area contributed by atoms with E-state index in [0.717, 1.165) is 17.7 Å². The minimum atomic E-state index is -0.458. The third kappa shape index (κ3) is 3.53. The zero-order valence-electron chi connectivity index (χ0n) is 15.1. The molecule has 27 heavy (non-hydrogen) atoms. The summed E-state index contributed by atoms with van der Waals surface area (Å²) in [5.74, 6) is 0.441. The second-order valence-electron chi connectivity index (χ2n) is 6.66. The Hall–Kier alpha value is -2.85. The fraction of sp³-hybridized carbons (Fsp3) is 0.174. The summed E-state index contributed by atoms with van der Waals surface area (Å²) in [4.78, 5) is 12.0. The zero-order chi connectivity index (χ0) is 18.8. The van der Waals surface area contributed by atoms with Gasteiger partial charge >= 0.3 is 5.97 Å². The minimum absolute atomic E-state index is 0.266. The molecule has 0 N–H and O–H groups in total. The number of benzene rings is 2. The first-order valence-electron chi connectivity index (χ1n) is 8.85. The lowest BCUT2D eigenvalue weighted by molar-refractivity contribution is -0.146. The molecule has 4 rings (SSSR count). The number of hydrogen-bond acceptors (Lipinski definition) is 4. The van der Waals surface area contributed by atoms with E-state index in [1.807, 2.05) is 29.0 Å². The van der Waals surface area contributed by atoms with E-state index in [-0.39, 0.29) is 6.61 Å². The molecule has 0 amide bonds. The van der Waals surface area contributed by atoms with Crippen molar-refractivity contribution in [2.24, 2.45) is 0 Å². The number of thiophene rings is 1. The predicted molar refractivity (Wildman–Crippen MR) is 108 cm³/mol. The summed E-state index contributed by atoms with van der Waals surface area (Å²) in [7, 11) is 0. The lowest BCUT2D eigenvalue weighted by Gasteiger charge is -2.19. The smallest absolute Gasteiger partial charge is 0.333 e. The van der Waals surface area contributed by atoms with Crippen LogP contribution in [0.1, 0.15) is 29.7 Å². The van der Waals surface area contributed by atoms with Crippen LogP contribution >= 0.6 is 11.3 Å². The molecule has 1 aliphatic rings. The first kappa shape index (κ1) is 17.6. The standard InChI is InChI=1S/C23H20O3S/c1-15(2)23(24)26-22(17-10-11-27-14-17)13-25-21-9-5-8-19-18-7-4-3-6-16(18)12-20(19)21/h3-11,14,22H,1,12-13H2,2H3. The van der Waals surface area contributed by atoms with Gasteiger partial charge in [-0.2, -0.15) is 11.3 Å². The van der Waals surface area contributed by atoms with Gasteiger partial charge in [-0.05, 0) is 46.5 Å². The van der Waals surface area contributed by atoms with Crippen LogP contribution in [0, 0.1) is 0 Å². The molecule has 1 atom stereocenters. The molecule has 3 nitrogen and oxygen atoms in total.